The lowest BCUT2D eigenvalue weighted by atomic mass is 10.3. The summed E-state index contributed by atoms with van der Waals surface area (Å²) in [7, 11) is 1.63. The molecule has 0 rings (SSSR count). The zero-order valence-corrected chi connectivity index (χ0v) is 7.56. The Morgan fingerprint density at radius 3 is 2.38 bits per heavy atom. The van der Waals surface area contributed by atoms with Gasteiger partial charge < -0.3 is 4.90 Å². The largest absolute Gasteiger partial charge is 0.390 e. The molecule has 0 aromatic rings. The first-order valence-corrected chi connectivity index (χ1v) is 4.08. The summed E-state index contributed by atoms with van der Waals surface area (Å²) in [4.78, 5) is 1.59. The van der Waals surface area contributed by atoms with E-state index in [1.165, 1.54) is 0 Å². The van der Waals surface area contributed by atoms with Gasteiger partial charge in [-0.25, -0.2) is 0 Å². The maximum absolute atomic E-state index is 11.7. The van der Waals surface area contributed by atoms with Crippen LogP contribution in [0.2, 0.25) is 0 Å². The molecule has 0 aliphatic heterocycles. The molecule has 0 atom stereocenters. The average Bonchev–Trinajstić information content (AvgIpc) is 2.00. The number of hydrogen-bond acceptors (Lipinski definition) is 2. The molecule has 5 heteroatoms. The van der Waals surface area contributed by atoms with Crippen LogP contribution in [0.25, 0.3) is 0 Å². The van der Waals surface area contributed by atoms with Gasteiger partial charge in [0.15, 0.2) is 0 Å². The quantitative estimate of drug-likeness (QED) is 0.627. The van der Waals surface area contributed by atoms with E-state index in [-0.39, 0.29) is 6.54 Å². The minimum absolute atomic E-state index is 0.00886. The molecular formula is C8H13F3N2. The lowest BCUT2D eigenvalue weighted by Crippen LogP contribution is -2.25. The van der Waals surface area contributed by atoms with Crippen molar-refractivity contribution in [2.24, 2.45) is 0 Å². The molecule has 0 amide bonds. The fraction of sp³-hybridized carbons (Fsp3) is 0.875. The molecule has 13 heavy (non-hydrogen) atoms. The number of rotatable bonds is 5. The van der Waals surface area contributed by atoms with E-state index in [0.29, 0.717) is 19.4 Å². The number of nitrogens with zero attached hydrogens (tertiary/aromatic N) is 2. The Kier molecular flexibility index (Phi) is 5.47. The predicted molar refractivity (Wildman–Crippen MR) is 43.0 cm³/mol. The van der Waals surface area contributed by atoms with Crippen molar-refractivity contribution < 1.29 is 13.2 Å². The van der Waals surface area contributed by atoms with Crippen LogP contribution in [0.4, 0.5) is 13.2 Å². The molecule has 0 saturated carbocycles. The highest BCUT2D eigenvalue weighted by atomic mass is 19.4. The third kappa shape index (κ3) is 9.15. The van der Waals surface area contributed by atoms with Crippen LogP contribution in [0.5, 0.6) is 0 Å². The van der Waals surface area contributed by atoms with Crippen LogP contribution >= 0.6 is 0 Å². The summed E-state index contributed by atoms with van der Waals surface area (Å²) in [6.45, 7) is 0.554. The highest BCUT2D eigenvalue weighted by Crippen LogP contribution is 2.19. The summed E-state index contributed by atoms with van der Waals surface area (Å²) in [6.07, 6.45) is -3.83. The first-order valence-electron chi connectivity index (χ1n) is 4.08. The molecule has 0 fully saturated rings. The van der Waals surface area contributed by atoms with Crippen LogP contribution < -0.4 is 0 Å². The van der Waals surface area contributed by atoms with Gasteiger partial charge >= 0.3 is 6.18 Å². The van der Waals surface area contributed by atoms with Crippen molar-refractivity contribution in [3.05, 3.63) is 0 Å². The highest BCUT2D eigenvalue weighted by molar-refractivity contribution is 4.69. The second kappa shape index (κ2) is 5.81. The van der Waals surface area contributed by atoms with Crippen LogP contribution in [0, 0.1) is 11.3 Å². The van der Waals surface area contributed by atoms with E-state index >= 15 is 0 Å². The number of nitriles is 1. The normalized spacial score (nSPS) is 11.7. The summed E-state index contributed by atoms with van der Waals surface area (Å²) >= 11 is 0. The van der Waals surface area contributed by atoms with Crippen LogP contribution in [0.15, 0.2) is 0 Å². The molecule has 0 aromatic carbocycles. The first kappa shape index (κ1) is 12.2. The lowest BCUT2D eigenvalue weighted by molar-refractivity contribution is -0.137. The molecule has 0 radical (unpaired) electrons. The van der Waals surface area contributed by atoms with E-state index in [9.17, 15) is 13.2 Å². The molecule has 0 N–H and O–H groups in total. The molecule has 0 aliphatic carbocycles. The Morgan fingerprint density at radius 1 is 1.31 bits per heavy atom. The standard InChI is InChI=1S/C8H13F3N2/c1-13(6-3-2-5-12)7-4-8(9,10)11/h2-4,6-7H2,1H3. The summed E-state index contributed by atoms with van der Waals surface area (Å²) in [5, 5.41) is 8.19. The van der Waals surface area contributed by atoms with Crippen molar-refractivity contribution in [1.82, 2.24) is 4.90 Å². The van der Waals surface area contributed by atoms with Gasteiger partial charge in [-0.05, 0) is 20.0 Å². The Hall–Kier alpha value is -0.760. The zero-order valence-electron chi connectivity index (χ0n) is 7.56. The van der Waals surface area contributed by atoms with Gasteiger partial charge in [0.2, 0.25) is 0 Å². The summed E-state index contributed by atoms with van der Waals surface area (Å²) in [5.74, 6) is 0. The SMILES string of the molecule is CN(CCCC#N)CCC(F)(F)F. The molecule has 2 nitrogen and oxygen atoms in total. The molecular weight excluding hydrogens is 181 g/mol. The molecule has 76 valence electrons. The Labute approximate surface area is 75.9 Å². The van der Waals surface area contributed by atoms with Crippen molar-refractivity contribution in [3.8, 4) is 6.07 Å². The van der Waals surface area contributed by atoms with Gasteiger partial charge in [-0.2, -0.15) is 18.4 Å². The summed E-state index contributed by atoms with van der Waals surface area (Å²) in [6, 6.07) is 1.95. The van der Waals surface area contributed by atoms with Gasteiger partial charge in [0.05, 0.1) is 12.5 Å². The maximum Gasteiger partial charge on any atom is 0.390 e. The molecule has 0 spiro atoms. The fourth-order valence-corrected chi connectivity index (χ4v) is 0.857. The second-order valence-electron chi connectivity index (χ2n) is 2.93. The average molecular weight is 194 g/mol. The molecule has 0 unspecified atom stereocenters. The lowest BCUT2D eigenvalue weighted by Gasteiger charge is -2.16. The van der Waals surface area contributed by atoms with Gasteiger partial charge in [0, 0.05) is 13.0 Å². The predicted octanol–water partition coefficient (Wildman–Crippen LogP) is 2.17. The van der Waals surface area contributed by atoms with Crippen molar-refractivity contribution in [2.45, 2.75) is 25.4 Å². The number of hydrogen-bond donors (Lipinski definition) is 0. The molecule has 0 aromatic heterocycles. The smallest absolute Gasteiger partial charge is 0.306 e. The van der Waals surface area contributed by atoms with Gasteiger partial charge in [-0.3, -0.25) is 0 Å². The van der Waals surface area contributed by atoms with Crippen molar-refractivity contribution in [3.63, 3.8) is 0 Å². The van der Waals surface area contributed by atoms with E-state index < -0.39 is 12.6 Å². The van der Waals surface area contributed by atoms with Gasteiger partial charge in [-0.1, -0.05) is 0 Å². The zero-order chi connectivity index (χ0) is 10.3. The third-order valence-electron chi connectivity index (χ3n) is 1.61. The Bertz CT molecular complexity index is 171. The van der Waals surface area contributed by atoms with Crippen molar-refractivity contribution in [1.29, 1.82) is 5.26 Å². The molecule has 0 saturated heterocycles. The van der Waals surface area contributed by atoms with Crippen molar-refractivity contribution in [2.75, 3.05) is 20.1 Å². The van der Waals surface area contributed by atoms with Crippen LogP contribution in [-0.4, -0.2) is 31.2 Å². The Morgan fingerprint density at radius 2 is 1.92 bits per heavy atom. The third-order valence-corrected chi connectivity index (χ3v) is 1.61. The number of alkyl halides is 3. The topological polar surface area (TPSA) is 27.0 Å². The van der Waals surface area contributed by atoms with E-state index in [1.807, 2.05) is 6.07 Å². The van der Waals surface area contributed by atoms with E-state index in [4.69, 9.17) is 5.26 Å². The van der Waals surface area contributed by atoms with Crippen LogP contribution in [-0.2, 0) is 0 Å². The fourth-order valence-electron chi connectivity index (χ4n) is 0.857. The molecule has 0 heterocycles. The summed E-state index contributed by atoms with van der Waals surface area (Å²) < 4.78 is 35.2. The van der Waals surface area contributed by atoms with Crippen molar-refractivity contribution >= 4 is 0 Å². The number of halogens is 3. The first-order chi connectivity index (χ1) is 5.95. The van der Waals surface area contributed by atoms with Gasteiger partial charge in [-0.15, -0.1) is 0 Å². The van der Waals surface area contributed by atoms with E-state index in [2.05, 4.69) is 0 Å². The maximum atomic E-state index is 11.7. The minimum Gasteiger partial charge on any atom is -0.306 e. The molecule has 0 bridgehead atoms. The van der Waals surface area contributed by atoms with Crippen LogP contribution in [0.3, 0.4) is 0 Å². The van der Waals surface area contributed by atoms with Crippen LogP contribution in [0.1, 0.15) is 19.3 Å². The van der Waals surface area contributed by atoms with Gasteiger partial charge in [0.1, 0.15) is 0 Å². The minimum atomic E-state index is -4.08. The Balaban J connectivity index is 3.42. The second-order valence-corrected chi connectivity index (χ2v) is 2.93. The summed E-state index contributed by atoms with van der Waals surface area (Å²) in [5.41, 5.74) is 0. The number of unbranched alkanes of at least 4 members (excludes halogenated alkanes) is 1. The van der Waals surface area contributed by atoms with E-state index in [0.717, 1.165) is 0 Å². The van der Waals surface area contributed by atoms with E-state index in [1.54, 1.807) is 11.9 Å². The monoisotopic (exact) mass is 194 g/mol. The molecule has 0 aliphatic rings. The highest BCUT2D eigenvalue weighted by Gasteiger charge is 2.26. The van der Waals surface area contributed by atoms with Gasteiger partial charge in [0.25, 0.3) is 0 Å².